The zero-order valence-electron chi connectivity index (χ0n) is 45.7. The fourth-order valence-electron chi connectivity index (χ4n) is 10.6. The molecule has 12 nitrogen and oxygen atoms in total. The van der Waals surface area contributed by atoms with E-state index < -0.39 is 59.2 Å². The smallest absolute Gasteiger partial charge is 0.327 e. The van der Waals surface area contributed by atoms with Crippen molar-refractivity contribution in [3.05, 3.63) is 108 Å². The Labute approximate surface area is 458 Å². The van der Waals surface area contributed by atoms with Crippen molar-refractivity contribution in [3.8, 4) is 22.3 Å². The summed E-state index contributed by atoms with van der Waals surface area (Å²) in [6.45, 7) is 10.6. The van der Waals surface area contributed by atoms with Gasteiger partial charge in [-0.05, 0) is 154 Å². The molecule has 0 bridgehead atoms. The molecule has 0 spiro atoms. The van der Waals surface area contributed by atoms with Crippen LogP contribution < -0.4 is 5.48 Å². The number of carbonyl (C=O) groups excluding carboxylic acids is 2. The van der Waals surface area contributed by atoms with Crippen LogP contribution in [0.2, 0.25) is 0 Å². The number of hydroxylamine groups is 1. The van der Waals surface area contributed by atoms with Gasteiger partial charge in [0.25, 0.3) is 5.91 Å². The number of nitrogens with zero attached hydrogens (tertiary/aromatic N) is 2. The molecule has 5 aliphatic rings. The number of alkyl halides is 4. The number of esters is 1. The number of halogens is 4. The van der Waals surface area contributed by atoms with Crippen molar-refractivity contribution in [2.75, 3.05) is 39.4 Å². The highest BCUT2D eigenvalue weighted by Gasteiger charge is 2.56. The first kappa shape index (κ1) is 59.4. The summed E-state index contributed by atoms with van der Waals surface area (Å²) in [6, 6.07) is 28.8. The number of amides is 1. The number of carbonyl (C=O) groups is 2. The second-order valence-corrected chi connectivity index (χ2v) is 28.1. The van der Waals surface area contributed by atoms with Crippen LogP contribution in [0.3, 0.4) is 0 Å². The summed E-state index contributed by atoms with van der Waals surface area (Å²) in [6.07, 6.45) is 7.34. The molecule has 3 saturated heterocycles. The van der Waals surface area contributed by atoms with Crippen LogP contribution in [0.1, 0.15) is 129 Å². The first-order valence-electron chi connectivity index (χ1n) is 27.6. The van der Waals surface area contributed by atoms with Crippen molar-refractivity contribution in [3.63, 3.8) is 0 Å². The molecule has 426 valence electrons. The van der Waals surface area contributed by atoms with Gasteiger partial charge in [-0.2, -0.15) is 0 Å². The fraction of sp³-hybridized carbons (Fsp3) is 0.567. The number of benzene rings is 4. The Hall–Kier alpha value is -4.72. The number of sulfone groups is 2. The first-order valence-corrected chi connectivity index (χ1v) is 30.6. The summed E-state index contributed by atoms with van der Waals surface area (Å²) in [4.78, 5) is 37.3. The van der Waals surface area contributed by atoms with E-state index in [0.29, 0.717) is 51.3 Å². The van der Waals surface area contributed by atoms with Crippen molar-refractivity contribution in [1.29, 1.82) is 0 Å². The molecule has 3 aliphatic heterocycles. The minimum Gasteiger partial charge on any atom is -0.464 e. The van der Waals surface area contributed by atoms with Crippen molar-refractivity contribution in [1.82, 2.24) is 15.3 Å². The van der Waals surface area contributed by atoms with Gasteiger partial charge in [0.1, 0.15) is 0 Å². The van der Waals surface area contributed by atoms with E-state index in [0.717, 1.165) is 85.8 Å². The molecule has 2 saturated carbocycles. The first-order chi connectivity index (χ1) is 36.8. The third kappa shape index (κ3) is 14.8. The fourth-order valence-corrected chi connectivity index (χ4v) is 14.5. The van der Waals surface area contributed by atoms with Crippen molar-refractivity contribution < 1.29 is 58.3 Å². The minimum absolute atomic E-state index is 0.0852. The number of aryl methyl sites for hydroxylation is 2. The third-order valence-corrected chi connectivity index (χ3v) is 20.8. The standard InChI is InChI=1S/C30H38F2N2O5S.C30H39F2NO4S/c1-29(31,32)16-15-22-5-7-23(8-6-22)24-9-13-26(14-10-24)40(36,37)30(17-19-34(20-18-30)25-11-12-25)28(35)33-39-27-4-2-3-21-38-27;1-28(2,3)21-37-27(34)30(17-19-33(20-18-30)25-11-12-25)38(35,36)26-13-9-24(10-14-26)23-7-5-22(6-8-23)15-16-29(4,31)32/h5-10,13-14,25,27H,2-4,11-12,15-21H2,1H3,(H,33,35);5-10,13-14,25H,11-12,15-21H2,1-4H3. The molecule has 0 radical (unpaired) electrons. The normalized spacial score (nSPS) is 20.5. The lowest BCUT2D eigenvalue weighted by Crippen LogP contribution is -2.58. The lowest BCUT2D eigenvalue weighted by atomic mass is 9.94. The van der Waals surface area contributed by atoms with E-state index in [4.69, 9.17) is 14.3 Å². The van der Waals surface area contributed by atoms with Crippen molar-refractivity contribution in [2.24, 2.45) is 5.41 Å². The van der Waals surface area contributed by atoms with E-state index in [-0.39, 0.29) is 73.2 Å². The molecule has 2 aliphatic carbocycles. The van der Waals surface area contributed by atoms with Gasteiger partial charge in [-0.3, -0.25) is 9.59 Å². The Morgan fingerprint density at radius 1 is 0.577 bits per heavy atom. The Kier molecular flexibility index (Phi) is 18.4. The topological polar surface area (TPSA) is 149 Å². The van der Waals surface area contributed by atoms with Gasteiger partial charge in [0.05, 0.1) is 16.4 Å². The summed E-state index contributed by atoms with van der Waals surface area (Å²) < 4.78 is 117. The van der Waals surface area contributed by atoms with Gasteiger partial charge in [-0.1, -0.05) is 93.6 Å². The van der Waals surface area contributed by atoms with Crippen molar-refractivity contribution in [2.45, 2.75) is 180 Å². The highest BCUT2D eigenvalue weighted by atomic mass is 32.2. The maximum Gasteiger partial charge on any atom is 0.327 e. The van der Waals surface area contributed by atoms with E-state index in [1.54, 1.807) is 48.5 Å². The van der Waals surface area contributed by atoms with Crippen molar-refractivity contribution >= 4 is 31.6 Å². The molecule has 1 atom stereocenters. The number of piperidine rings is 2. The third-order valence-electron chi connectivity index (χ3n) is 15.8. The van der Waals surface area contributed by atoms with E-state index in [9.17, 15) is 44.0 Å². The zero-order chi connectivity index (χ0) is 56.2. The second-order valence-electron chi connectivity index (χ2n) is 23.6. The van der Waals surface area contributed by atoms with Crippen LogP contribution in [0, 0.1) is 5.41 Å². The Bertz CT molecular complexity index is 2880. The monoisotopic (exact) mass is 1120 g/mol. The van der Waals surface area contributed by atoms with Gasteiger partial charge in [-0.15, -0.1) is 0 Å². The summed E-state index contributed by atoms with van der Waals surface area (Å²) >= 11 is 0. The molecule has 9 rings (SSSR count). The van der Waals surface area contributed by atoms with Crippen LogP contribution in [0.4, 0.5) is 17.6 Å². The minimum atomic E-state index is -4.06. The van der Waals surface area contributed by atoms with Gasteiger partial charge < -0.3 is 19.3 Å². The quantitative estimate of drug-likeness (QED) is 0.0543. The average molecular weight is 1120 g/mol. The van der Waals surface area contributed by atoms with Crippen LogP contribution in [0.5, 0.6) is 0 Å². The molecule has 3 heterocycles. The van der Waals surface area contributed by atoms with Gasteiger partial charge in [0, 0.05) is 64.1 Å². The molecule has 4 aromatic rings. The number of nitrogens with one attached hydrogen (secondary N) is 1. The summed E-state index contributed by atoms with van der Waals surface area (Å²) in [5.41, 5.74) is 7.13. The molecular formula is C60H77F4N3O9S2. The number of hydrogen-bond acceptors (Lipinski definition) is 11. The number of rotatable bonds is 19. The lowest BCUT2D eigenvalue weighted by Gasteiger charge is -2.40. The summed E-state index contributed by atoms with van der Waals surface area (Å²) in [7, 11) is -8.08. The maximum atomic E-state index is 14.1. The van der Waals surface area contributed by atoms with E-state index in [2.05, 4.69) is 15.3 Å². The predicted molar refractivity (Wildman–Crippen MR) is 292 cm³/mol. The predicted octanol–water partition coefficient (Wildman–Crippen LogP) is 11.6. The molecule has 78 heavy (non-hydrogen) atoms. The molecule has 1 amide bonds. The molecule has 18 heteroatoms. The maximum absolute atomic E-state index is 14.1. The molecule has 1 N–H and O–H groups in total. The Morgan fingerprint density at radius 2 is 0.962 bits per heavy atom. The van der Waals surface area contributed by atoms with E-state index >= 15 is 0 Å². The van der Waals surface area contributed by atoms with Gasteiger partial charge in [-0.25, -0.2) is 44.7 Å². The number of likely N-dealkylation sites (tertiary alicyclic amines) is 2. The Balaban J connectivity index is 0.000000206. The molecule has 1 unspecified atom stereocenters. The van der Waals surface area contributed by atoms with Gasteiger partial charge in [0.15, 0.2) is 35.5 Å². The summed E-state index contributed by atoms with van der Waals surface area (Å²) in [5.74, 6) is -6.71. The van der Waals surface area contributed by atoms with Crippen LogP contribution in [-0.4, -0.2) is 118 Å². The molecule has 0 aromatic heterocycles. The summed E-state index contributed by atoms with van der Waals surface area (Å²) in [5, 5.41) is 0. The average Bonchev–Trinajstić information content (AvgIpc) is 4.46. The largest absolute Gasteiger partial charge is 0.464 e. The van der Waals surface area contributed by atoms with Gasteiger partial charge >= 0.3 is 5.97 Å². The van der Waals surface area contributed by atoms with Crippen LogP contribution >= 0.6 is 0 Å². The highest BCUT2D eigenvalue weighted by molar-refractivity contribution is 7.94. The Morgan fingerprint density at radius 3 is 1.32 bits per heavy atom. The molecule has 4 aromatic carbocycles. The SMILES string of the molecule is CC(C)(C)COC(=O)C1(S(=O)(=O)c2ccc(-c3ccc(CCC(C)(F)F)cc3)cc2)CCN(C2CC2)CC1.CC(F)(F)CCc1ccc(-c2ccc(S(=O)(=O)C3(C(=O)NOC4CCCCO4)CCN(C4CC4)CC3)cc2)cc1. The van der Waals surface area contributed by atoms with Crippen LogP contribution in [-0.2, 0) is 56.4 Å². The van der Waals surface area contributed by atoms with E-state index in [1.165, 1.54) is 0 Å². The zero-order valence-corrected chi connectivity index (χ0v) is 47.3. The van der Waals surface area contributed by atoms with Crippen LogP contribution in [0.25, 0.3) is 22.3 Å². The number of hydrogen-bond donors (Lipinski definition) is 1. The molecular weight excluding hydrogens is 1050 g/mol. The number of ether oxygens (including phenoxy) is 2. The van der Waals surface area contributed by atoms with E-state index in [1.807, 2.05) is 69.3 Å². The lowest BCUT2D eigenvalue weighted by molar-refractivity contribution is -0.202. The molecule has 5 fully saturated rings. The van der Waals surface area contributed by atoms with Gasteiger partial charge in [0.2, 0.25) is 11.8 Å². The highest BCUT2D eigenvalue weighted by Crippen LogP contribution is 2.42. The second kappa shape index (κ2) is 24.2. The van der Waals surface area contributed by atoms with Crippen LogP contribution in [0.15, 0.2) is 107 Å².